The third-order valence-corrected chi connectivity index (χ3v) is 3.16. The van der Waals surface area contributed by atoms with E-state index >= 15 is 0 Å². The summed E-state index contributed by atoms with van der Waals surface area (Å²) in [6, 6.07) is 2.30. The number of ether oxygens (including phenoxy) is 1. The molecule has 2 aromatic heterocycles. The fourth-order valence-electron chi connectivity index (χ4n) is 1.81. The number of halogens is 3. The SMILES string of the molecule is Cc1cc(-n2cc(COc3ncc(Cl)cn3)nn2)c(F)cc1F. The van der Waals surface area contributed by atoms with Crippen molar-refractivity contribution in [2.75, 3.05) is 0 Å². The monoisotopic (exact) mass is 337 g/mol. The molecule has 0 unspecified atom stereocenters. The smallest absolute Gasteiger partial charge is 0.316 e. The lowest BCUT2D eigenvalue weighted by Gasteiger charge is -2.04. The average molecular weight is 338 g/mol. The van der Waals surface area contributed by atoms with E-state index < -0.39 is 11.6 Å². The van der Waals surface area contributed by atoms with Crippen LogP contribution in [0.4, 0.5) is 8.78 Å². The molecule has 1 aromatic carbocycles. The van der Waals surface area contributed by atoms with Gasteiger partial charge >= 0.3 is 6.01 Å². The van der Waals surface area contributed by atoms with E-state index in [0.717, 1.165) is 6.07 Å². The van der Waals surface area contributed by atoms with E-state index in [0.29, 0.717) is 16.3 Å². The Morgan fingerprint density at radius 1 is 1.17 bits per heavy atom. The molecule has 3 aromatic rings. The zero-order chi connectivity index (χ0) is 16.4. The molecule has 0 aliphatic carbocycles. The summed E-state index contributed by atoms with van der Waals surface area (Å²) in [4.78, 5) is 7.74. The van der Waals surface area contributed by atoms with Crippen molar-refractivity contribution in [3.8, 4) is 11.7 Å². The predicted molar refractivity (Wildman–Crippen MR) is 77.4 cm³/mol. The maximum absolute atomic E-state index is 13.8. The van der Waals surface area contributed by atoms with Crippen molar-refractivity contribution >= 4 is 11.6 Å². The highest BCUT2D eigenvalue weighted by atomic mass is 35.5. The van der Waals surface area contributed by atoms with Crippen molar-refractivity contribution in [3.05, 3.63) is 58.6 Å². The highest BCUT2D eigenvalue weighted by Gasteiger charge is 2.12. The largest absolute Gasteiger partial charge is 0.457 e. The van der Waals surface area contributed by atoms with Gasteiger partial charge in [0.25, 0.3) is 0 Å². The van der Waals surface area contributed by atoms with Gasteiger partial charge in [-0.1, -0.05) is 16.8 Å². The summed E-state index contributed by atoms with van der Waals surface area (Å²) in [5.74, 6) is -1.35. The minimum absolute atomic E-state index is 0.0451. The molecule has 0 amide bonds. The first-order chi connectivity index (χ1) is 11.0. The highest BCUT2D eigenvalue weighted by molar-refractivity contribution is 6.30. The van der Waals surface area contributed by atoms with Crippen molar-refractivity contribution in [2.24, 2.45) is 0 Å². The van der Waals surface area contributed by atoms with E-state index in [-0.39, 0.29) is 18.3 Å². The molecule has 118 valence electrons. The molecule has 0 aliphatic rings. The van der Waals surface area contributed by atoms with Crippen LogP contribution in [0.3, 0.4) is 0 Å². The Kier molecular flexibility index (Phi) is 4.16. The molecular formula is C14H10ClF2N5O. The summed E-state index contributed by atoms with van der Waals surface area (Å²) in [6.45, 7) is 1.58. The van der Waals surface area contributed by atoms with E-state index in [4.69, 9.17) is 16.3 Å². The lowest BCUT2D eigenvalue weighted by atomic mass is 10.2. The van der Waals surface area contributed by atoms with Gasteiger partial charge in [-0.05, 0) is 18.6 Å². The van der Waals surface area contributed by atoms with Gasteiger partial charge in [0.1, 0.15) is 23.8 Å². The topological polar surface area (TPSA) is 65.7 Å². The van der Waals surface area contributed by atoms with Crippen LogP contribution >= 0.6 is 11.6 Å². The summed E-state index contributed by atoms with van der Waals surface area (Å²) >= 11 is 5.67. The standard InChI is InChI=1S/C14H10ClF2N5O/c1-8-2-13(12(17)3-11(8)16)22-6-10(20-21-22)7-23-14-18-4-9(15)5-19-14/h2-6H,7H2,1H3. The van der Waals surface area contributed by atoms with Crippen molar-refractivity contribution in [2.45, 2.75) is 13.5 Å². The van der Waals surface area contributed by atoms with Gasteiger partial charge in [-0.15, -0.1) is 5.10 Å². The first kappa shape index (κ1) is 15.3. The van der Waals surface area contributed by atoms with Crippen LogP contribution in [0.15, 0.2) is 30.7 Å². The maximum Gasteiger partial charge on any atom is 0.316 e. The van der Waals surface area contributed by atoms with Gasteiger partial charge in [-0.25, -0.2) is 23.4 Å². The fraction of sp³-hybridized carbons (Fsp3) is 0.143. The van der Waals surface area contributed by atoms with Crippen LogP contribution in [-0.4, -0.2) is 25.0 Å². The highest BCUT2D eigenvalue weighted by Crippen LogP contribution is 2.18. The van der Waals surface area contributed by atoms with Crippen LogP contribution in [0.25, 0.3) is 5.69 Å². The van der Waals surface area contributed by atoms with Crippen LogP contribution in [0.5, 0.6) is 6.01 Å². The minimum Gasteiger partial charge on any atom is -0.457 e. The van der Waals surface area contributed by atoms with Crippen LogP contribution in [0.2, 0.25) is 5.02 Å². The van der Waals surface area contributed by atoms with Gasteiger partial charge in [0, 0.05) is 6.07 Å². The van der Waals surface area contributed by atoms with Gasteiger partial charge in [0.05, 0.1) is 23.6 Å². The molecule has 0 saturated carbocycles. The number of rotatable bonds is 4. The van der Waals surface area contributed by atoms with Crippen molar-refractivity contribution in [3.63, 3.8) is 0 Å². The van der Waals surface area contributed by atoms with Crippen molar-refractivity contribution in [1.82, 2.24) is 25.0 Å². The Balaban J connectivity index is 1.75. The first-order valence-electron chi connectivity index (χ1n) is 6.50. The van der Waals surface area contributed by atoms with Gasteiger partial charge in [-0.3, -0.25) is 0 Å². The predicted octanol–water partition coefficient (Wildman–Crippen LogP) is 2.88. The number of aromatic nitrogens is 5. The zero-order valence-electron chi connectivity index (χ0n) is 11.9. The van der Waals surface area contributed by atoms with E-state index in [9.17, 15) is 8.78 Å². The molecular weight excluding hydrogens is 328 g/mol. The number of hydrogen-bond acceptors (Lipinski definition) is 5. The molecule has 0 atom stereocenters. The fourth-order valence-corrected chi connectivity index (χ4v) is 1.91. The van der Waals surface area contributed by atoms with E-state index in [1.54, 1.807) is 0 Å². The summed E-state index contributed by atoms with van der Waals surface area (Å²) in [5.41, 5.74) is 0.847. The Morgan fingerprint density at radius 3 is 2.65 bits per heavy atom. The van der Waals surface area contributed by atoms with Crippen LogP contribution in [-0.2, 0) is 6.61 Å². The van der Waals surface area contributed by atoms with Crippen molar-refractivity contribution in [1.29, 1.82) is 0 Å². The maximum atomic E-state index is 13.8. The second kappa shape index (κ2) is 6.25. The second-order valence-electron chi connectivity index (χ2n) is 4.68. The van der Waals surface area contributed by atoms with Gasteiger partial charge in [0.2, 0.25) is 0 Å². The summed E-state index contributed by atoms with van der Waals surface area (Å²) in [5, 5.41) is 8.06. The third kappa shape index (κ3) is 3.42. The molecule has 0 saturated heterocycles. The molecule has 0 radical (unpaired) electrons. The molecule has 3 rings (SSSR count). The molecule has 0 fully saturated rings. The third-order valence-electron chi connectivity index (χ3n) is 2.96. The molecule has 2 heterocycles. The van der Waals surface area contributed by atoms with Crippen LogP contribution in [0, 0.1) is 18.6 Å². The average Bonchev–Trinajstić information content (AvgIpc) is 2.99. The zero-order valence-corrected chi connectivity index (χ0v) is 12.6. The van der Waals surface area contributed by atoms with Gasteiger partial charge in [-0.2, -0.15) is 0 Å². The molecule has 0 N–H and O–H groups in total. The lowest BCUT2D eigenvalue weighted by molar-refractivity contribution is 0.276. The van der Waals surface area contributed by atoms with Crippen LogP contribution < -0.4 is 4.74 Å². The molecule has 9 heteroatoms. The Morgan fingerprint density at radius 2 is 1.91 bits per heavy atom. The summed E-state index contributed by atoms with van der Waals surface area (Å²) < 4.78 is 33.6. The Bertz CT molecular complexity index is 838. The molecule has 0 spiro atoms. The number of nitrogens with zero attached hydrogens (tertiary/aromatic N) is 5. The molecule has 0 bridgehead atoms. The number of aryl methyl sites for hydroxylation is 1. The normalized spacial score (nSPS) is 10.8. The van der Waals surface area contributed by atoms with Gasteiger partial charge < -0.3 is 4.74 Å². The lowest BCUT2D eigenvalue weighted by Crippen LogP contribution is -2.01. The minimum atomic E-state index is -0.730. The van der Waals surface area contributed by atoms with Gasteiger partial charge in [0.15, 0.2) is 5.82 Å². The van der Waals surface area contributed by atoms with E-state index in [1.165, 1.54) is 36.3 Å². The summed E-state index contributed by atoms with van der Waals surface area (Å²) in [7, 11) is 0. The quantitative estimate of drug-likeness (QED) is 0.732. The van der Waals surface area contributed by atoms with E-state index in [2.05, 4.69) is 20.3 Å². The van der Waals surface area contributed by atoms with E-state index in [1.807, 2.05) is 0 Å². The molecule has 23 heavy (non-hydrogen) atoms. The molecule has 0 aliphatic heterocycles. The number of hydrogen-bond donors (Lipinski definition) is 0. The van der Waals surface area contributed by atoms with Crippen LogP contribution in [0.1, 0.15) is 11.3 Å². The molecule has 6 nitrogen and oxygen atoms in total. The van der Waals surface area contributed by atoms with Crippen molar-refractivity contribution < 1.29 is 13.5 Å². The first-order valence-corrected chi connectivity index (χ1v) is 6.88. The Hall–Kier alpha value is -2.61. The Labute approximate surface area is 134 Å². The summed E-state index contributed by atoms with van der Waals surface area (Å²) in [6.07, 6.45) is 4.28. The number of benzene rings is 1. The second-order valence-corrected chi connectivity index (χ2v) is 5.12.